The molecule has 120 valence electrons. The van der Waals surface area contributed by atoms with Crippen LogP contribution in [0.3, 0.4) is 0 Å². The summed E-state index contributed by atoms with van der Waals surface area (Å²) in [4.78, 5) is -0.0792. The predicted molar refractivity (Wildman–Crippen MR) is 84.0 cm³/mol. The van der Waals surface area contributed by atoms with Crippen molar-refractivity contribution in [1.29, 1.82) is 0 Å². The van der Waals surface area contributed by atoms with Gasteiger partial charge in [-0.3, -0.25) is 0 Å². The molecule has 0 radical (unpaired) electrons. The minimum absolute atomic E-state index is 0.0792. The third-order valence-electron chi connectivity index (χ3n) is 2.55. The first-order valence-electron chi connectivity index (χ1n) is 6.56. The minimum Gasteiger partial charge on any atom is -0.396 e. The number of rotatable bonds is 8. The highest BCUT2D eigenvalue weighted by Gasteiger charge is 2.19. The van der Waals surface area contributed by atoms with Crippen LogP contribution in [0, 0.1) is 11.7 Å². The molecule has 1 rings (SSSR count). The Hall–Kier alpha value is -0.700. The summed E-state index contributed by atoms with van der Waals surface area (Å²) >= 11 is 3.03. The number of anilines is 1. The fourth-order valence-electron chi connectivity index (χ4n) is 1.53. The topological polar surface area (TPSA) is 81.4 Å². The van der Waals surface area contributed by atoms with Crippen LogP contribution >= 0.6 is 15.9 Å². The maximum atomic E-state index is 13.2. The van der Waals surface area contributed by atoms with Crippen LogP contribution in [-0.2, 0) is 14.8 Å². The smallest absolute Gasteiger partial charge is 0.241 e. The first-order valence-corrected chi connectivity index (χ1v) is 8.83. The second kappa shape index (κ2) is 8.07. The largest absolute Gasteiger partial charge is 0.396 e. The summed E-state index contributed by atoms with van der Waals surface area (Å²) in [5.74, 6) is -0.220. The summed E-state index contributed by atoms with van der Waals surface area (Å²) < 4.78 is 45.3. The van der Waals surface area contributed by atoms with E-state index in [0.29, 0.717) is 25.6 Å². The average molecular weight is 383 g/mol. The van der Waals surface area contributed by atoms with Crippen molar-refractivity contribution < 1.29 is 17.5 Å². The van der Waals surface area contributed by atoms with Gasteiger partial charge < -0.3 is 10.5 Å². The van der Waals surface area contributed by atoms with Gasteiger partial charge in [-0.05, 0) is 40.4 Å². The first kappa shape index (κ1) is 18.3. The standard InChI is InChI=1S/C13H20BrFN2O3S/c1-9(2)8-20-5-3-4-17-21(18,19)13-7-12(16)11(15)6-10(13)14/h6-7,9,17H,3-5,8,16H2,1-2H3. The molecule has 0 unspecified atom stereocenters. The van der Waals surface area contributed by atoms with Gasteiger partial charge >= 0.3 is 0 Å². The highest BCUT2D eigenvalue weighted by Crippen LogP contribution is 2.26. The van der Waals surface area contributed by atoms with Crippen LogP contribution in [0.15, 0.2) is 21.5 Å². The maximum absolute atomic E-state index is 13.2. The van der Waals surface area contributed by atoms with Gasteiger partial charge in [0.25, 0.3) is 0 Å². The van der Waals surface area contributed by atoms with Gasteiger partial charge in [0, 0.05) is 24.2 Å². The molecule has 1 aromatic carbocycles. The molecule has 0 aromatic heterocycles. The Morgan fingerprint density at radius 2 is 2.10 bits per heavy atom. The highest BCUT2D eigenvalue weighted by atomic mass is 79.9. The molecule has 0 saturated heterocycles. The molecular weight excluding hydrogens is 363 g/mol. The molecule has 0 aliphatic rings. The van der Waals surface area contributed by atoms with Crippen LogP contribution < -0.4 is 10.5 Å². The lowest BCUT2D eigenvalue weighted by atomic mass is 10.2. The number of benzene rings is 1. The quantitative estimate of drug-likeness (QED) is 0.534. The molecule has 21 heavy (non-hydrogen) atoms. The Morgan fingerprint density at radius 3 is 2.71 bits per heavy atom. The molecule has 0 aliphatic heterocycles. The second-order valence-electron chi connectivity index (χ2n) is 5.02. The van der Waals surface area contributed by atoms with Gasteiger partial charge in [0.1, 0.15) is 5.82 Å². The van der Waals surface area contributed by atoms with Gasteiger partial charge in [0.15, 0.2) is 0 Å². The molecule has 0 aliphatic carbocycles. The van der Waals surface area contributed by atoms with Gasteiger partial charge in [0.05, 0.1) is 10.6 Å². The fourth-order valence-corrected chi connectivity index (χ4v) is 3.65. The third kappa shape index (κ3) is 5.90. The molecule has 0 spiro atoms. The normalized spacial score (nSPS) is 12.0. The zero-order valence-corrected chi connectivity index (χ0v) is 14.4. The molecule has 0 saturated carbocycles. The molecule has 8 heteroatoms. The van der Waals surface area contributed by atoms with Crippen molar-refractivity contribution in [1.82, 2.24) is 4.72 Å². The van der Waals surface area contributed by atoms with E-state index in [2.05, 4.69) is 20.7 Å². The molecule has 0 amide bonds. The number of sulfonamides is 1. The van der Waals surface area contributed by atoms with Crippen LogP contribution in [0.2, 0.25) is 0 Å². The zero-order valence-electron chi connectivity index (χ0n) is 12.0. The van der Waals surface area contributed by atoms with Gasteiger partial charge in [-0.15, -0.1) is 0 Å². The van der Waals surface area contributed by atoms with Crippen molar-refractivity contribution >= 4 is 31.6 Å². The van der Waals surface area contributed by atoms with Gasteiger partial charge in [-0.25, -0.2) is 17.5 Å². The van der Waals surface area contributed by atoms with E-state index in [0.717, 1.165) is 12.1 Å². The third-order valence-corrected chi connectivity index (χ3v) is 4.97. The van der Waals surface area contributed by atoms with Crippen molar-refractivity contribution in [2.45, 2.75) is 25.2 Å². The van der Waals surface area contributed by atoms with E-state index in [1.807, 2.05) is 13.8 Å². The molecule has 0 bridgehead atoms. The Balaban J connectivity index is 2.56. The van der Waals surface area contributed by atoms with E-state index in [1.54, 1.807) is 0 Å². The number of halogens is 2. The molecule has 0 heterocycles. The van der Waals surface area contributed by atoms with E-state index in [4.69, 9.17) is 10.5 Å². The second-order valence-corrected chi connectivity index (χ2v) is 7.61. The number of nitrogens with one attached hydrogen (secondary N) is 1. The van der Waals surface area contributed by atoms with Crippen LogP contribution in [0.5, 0.6) is 0 Å². The molecule has 0 atom stereocenters. The Labute approximate surface area is 133 Å². The van der Waals surface area contributed by atoms with E-state index < -0.39 is 15.8 Å². The average Bonchev–Trinajstić information content (AvgIpc) is 2.37. The number of nitrogens with two attached hydrogens (primary N) is 1. The SMILES string of the molecule is CC(C)COCCCNS(=O)(=O)c1cc(N)c(F)cc1Br. The number of hydrogen-bond acceptors (Lipinski definition) is 4. The van der Waals surface area contributed by atoms with Crippen molar-refractivity contribution in [3.63, 3.8) is 0 Å². The number of ether oxygens (including phenoxy) is 1. The van der Waals surface area contributed by atoms with Crippen molar-refractivity contribution in [2.24, 2.45) is 5.92 Å². The van der Waals surface area contributed by atoms with Gasteiger partial charge in [-0.2, -0.15) is 0 Å². The van der Waals surface area contributed by atoms with E-state index >= 15 is 0 Å². The minimum atomic E-state index is -3.73. The summed E-state index contributed by atoms with van der Waals surface area (Å²) in [5.41, 5.74) is 5.19. The van der Waals surface area contributed by atoms with Crippen LogP contribution in [0.1, 0.15) is 20.3 Å². The molecular formula is C13H20BrFN2O3S. The summed E-state index contributed by atoms with van der Waals surface area (Å²) in [6.07, 6.45) is 0.556. The lowest BCUT2D eigenvalue weighted by Crippen LogP contribution is -2.26. The van der Waals surface area contributed by atoms with Crippen molar-refractivity contribution in [3.05, 3.63) is 22.4 Å². The van der Waals surface area contributed by atoms with Crippen molar-refractivity contribution in [3.8, 4) is 0 Å². The van der Waals surface area contributed by atoms with Crippen molar-refractivity contribution in [2.75, 3.05) is 25.5 Å². The van der Waals surface area contributed by atoms with Crippen LogP contribution in [-0.4, -0.2) is 28.2 Å². The molecule has 0 fully saturated rings. The molecule has 1 aromatic rings. The lowest BCUT2D eigenvalue weighted by molar-refractivity contribution is 0.108. The Morgan fingerprint density at radius 1 is 1.43 bits per heavy atom. The van der Waals surface area contributed by atoms with E-state index in [-0.39, 0.29) is 21.6 Å². The molecule has 3 N–H and O–H groups in total. The monoisotopic (exact) mass is 382 g/mol. The first-order chi connectivity index (χ1) is 9.74. The lowest BCUT2D eigenvalue weighted by Gasteiger charge is -2.10. The summed E-state index contributed by atoms with van der Waals surface area (Å²) in [6, 6.07) is 2.13. The highest BCUT2D eigenvalue weighted by molar-refractivity contribution is 9.10. The predicted octanol–water partition coefficient (Wildman–Crippen LogP) is 2.51. The maximum Gasteiger partial charge on any atom is 0.241 e. The molecule has 5 nitrogen and oxygen atoms in total. The fraction of sp³-hybridized carbons (Fsp3) is 0.538. The van der Waals surface area contributed by atoms with Gasteiger partial charge in [-0.1, -0.05) is 13.8 Å². The summed E-state index contributed by atoms with van der Waals surface area (Å²) in [7, 11) is -3.73. The number of hydrogen-bond donors (Lipinski definition) is 2. The van der Waals surface area contributed by atoms with Gasteiger partial charge in [0.2, 0.25) is 10.0 Å². The van der Waals surface area contributed by atoms with E-state index in [1.165, 1.54) is 0 Å². The number of nitrogen functional groups attached to an aromatic ring is 1. The summed E-state index contributed by atoms with van der Waals surface area (Å²) in [6.45, 7) is 5.45. The summed E-state index contributed by atoms with van der Waals surface area (Å²) in [5, 5.41) is 0. The Kier molecular flexibility index (Phi) is 7.05. The van der Waals surface area contributed by atoms with Crippen LogP contribution in [0.25, 0.3) is 0 Å². The van der Waals surface area contributed by atoms with Crippen LogP contribution in [0.4, 0.5) is 10.1 Å². The zero-order chi connectivity index (χ0) is 16.0. The Bertz CT molecular complexity index is 579. The van der Waals surface area contributed by atoms with E-state index in [9.17, 15) is 12.8 Å².